The molecule has 1 aliphatic rings. The summed E-state index contributed by atoms with van der Waals surface area (Å²) in [5, 5.41) is 27.7. The van der Waals surface area contributed by atoms with Crippen molar-refractivity contribution >= 4 is 11.0 Å². The molecule has 4 aromatic rings. The van der Waals surface area contributed by atoms with Gasteiger partial charge in [0, 0.05) is 49.2 Å². The van der Waals surface area contributed by atoms with Crippen molar-refractivity contribution in [3.05, 3.63) is 65.9 Å². The summed E-state index contributed by atoms with van der Waals surface area (Å²) in [5.74, 6) is 0.172. The molecule has 0 bridgehead atoms. The molecule has 0 radical (unpaired) electrons. The van der Waals surface area contributed by atoms with Crippen LogP contribution in [0.25, 0.3) is 33.4 Å². The second kappa shape index (κ2) is 8.42. The molecule has 2 aromatic heterocycles. The number of H-pyrrole nitrogens is 1. The number of rotatable bonds is 4. The van der Waals surface area contributed by atoms with Gasteiger partial charge < -0.3 is 10.0 Å². The molecule has 1 aliphatic heterocycles. The number of nitrogens with one attached hydrogen (secondary N) is 1. The summed E-state index contributed by atoms with van der Waals surface area (Å²) in [5.41, 5.74) is 5.50. The summed E-state index contributed by atoms with van der Waals surface area (Å²) in [6, 6.07) is 17.5. The molecule has 1 fully saturated rings. The van der Waals surface area contributed by atoms with Gasteiger partial charge in [-0.25, -0.2) is 4.98 Å². The van der Waals surface area contributed by atoms with Gasteiger partial charge in [-0.15, -0.1) is 0 Å². The van der Waals surface area contributed by atoms with E-state index >= 15 is 0 Å². The minimum absolute atomic E-state index is 0.172. The van der Waals surface area contributed by atoms with E-state index in [0.717, 1.165) is 54.8 Å². The summed E-state index contributed by atoms with van der Waals surface area (Å²) < 4.78 is 0. The van der Waals surface area contributed by atoms with Crippen LogP contribution in [0.4, 0.5) is 0 Å². The number of likely N-dealkylation sites (N-methyl/N-ethyl adjacent to an activating group) is 1. The lowest BCUT2D eigenvalue weighted by Crippen LogP contribution is -2.43. The number of aromatic hydroxyl groups is 1. The van der Waals surface area contributed by atoms with Gasteiger partial charge >= 0.3 is 0 Å². The number of phenols is 1. The van der Waals surface area contributed by atoms with Crippen molar-refractivity contribution in [1.29, 1.82) is 5.26 Å². The lowest BCUT2D eigenvalue weighted by molar-refractivity contribution is 0.148. The van der Waals surface area contributed by atoms with Crippen molar-refractivity contribution in [3.8, 4) is 34.2 Å². The van der Waals surface area contributed by atoms with Crippen molar-refractivity contribution in [2.24, 2.45) is 0 Å². The van der Waals surface area contributed by atoms with Crippen LogP contribution in [-0.4, -0.2) is 63.3 Å². The Morgan fingerprint density at radius 1 is 1.00 bits per heavy atom. The minimum atomic E-state index is 0.172. The minimum Gasteiger partial charge on any atom is -0.508 e. The van der Waals surface area contributed by atoms with Crippen LogP contribution in [0.1, 0.15) is 11.1 Å². The average Bonchev–Trinajstić information content (AvgIpc) is 3.29. The molecule has 5 rings (SSSR count). The van der Waals surface area contributed by atoms with Crippen LogP contribution in [0.3, 0.4) is 0 Å². The van der Waals surface area contributed by atoms with E-state index in [1.54, 1.807) is 30.5 Å². The van der Waals surface area contributed by atoms with E-state index in [0.29, 0.717) is 16.9 Å². The number of hydrogen-bond donors (Lipinski definition) is 2. The second-order valence-electron chi connectivity index (χ2n) is 8.28. The maximum atomic E-state index is 10.1. The molecule has 2 aromatic carbocycles. The number of benzene rings is 2. The summed E-state index contributed by atoms with van der Waals surface area (Å²) in [7, 11) is 2.16. The average molecular weight is 425 g/mol. The standard InChI is InChI=1S/C25H24N6O/c1-30-10-12-31(13-11-30)16-17-2-4-18(5-3-17)23-21(14-26)24(19-6-8-20(32)9-7-19)28-25-22(23)15-27-29-25/h2-9,15,32H,10-13,16H2,1H3,(H,27,28,29). The van der Waals surface area contributed by atoms with Crippen molar-refractivity contribution in [1.82, 2.24) is 25.0 Å². The Morgan fingerprint density at radius 3 is 2.38 bits per heavy atom. The number of fused-ring (bicyclic) bond motifs is 1. The topological polar surface area (TPSA) is 92.1 Å². The first-order chi connectivity index (χ1) is 15.6. The van der Waals surface area contributed by atoms with Crippen LogP contribution in [0.15, 0.2) is 54.7 Å². The molecule has 0 spiro atoms. The maximum Gasteiger partial charge on any atom is 0.156 e. The maximum absolute atomic E-state index is 10.1. The first kappa shape index (κ1) is 20.2. The van der Waals surface area contributed by atoms with Crippen molar-refractivity contribution in [2.45, 2.75) is 6.54 Å². The lowest BCUT2D eigenvalue weighted by Gasteiger charge is -2.32. The number of nitriles is 1. The van der Waals surface area contributed by atoms with Gasteiger partial charge in [-0.3, -0.25) is 10.00 Å². The van der Waals surface area contributed by atoms with Crippen molar-refractivity contribution < 1.29 is 5.11 Å². The van der Waals surface area contributed by atoms with E-state index in [9.17, 15) is 10.4 Å². The van der Waals surface area contributed by atoms with Gasteiger partial charge in [0.15, 0.2) is 5.65 Å². The van der Waals surface area contributed by atoms with Gasteiger partial charge in [0.1, 0.15) is 11.8 Å². The molecule has 0 saturated carbocycles. The third-order valence-corrected chi connectivity index (χ3v) is 6.10. The number of hydrogen-bond acceptors (Lipinski definition) is 6. The summed E-state index contributed by atoms with van der Waals surface area (Å²) in [6.07, 6.45) is 1.72. The Bertz CT molecular complexity index is 1280. The molecule has 32 heavy (non-hydrogen) atoms. The van der Waals surface area contributed by atoms with E-state index in [4.69, 9.17) is 0 Å². The molecule has 7 heteroatoms. The zero-order valence-corrected chi connectivity index (χ0v) is 17.9. The third-order valence-electron chi connectivity index (χ3n) is 6.10. The van der Waals surface area contributed by atoms with E-state index in [1.165, 1.54) is 5.56 Å². The van der Waals surface area contributed by atoms with Crippen molar-refractivity contribution in [2.75, 3.05) is 33.2 Å². The Kier molecular flexibility index (Phi) is 5.31. The van der Waals surface area contributed by atoms with E-state index < -0.39 is 0 Å². The molecule has 3 heterocycles. The highest BCUT2D eigenvalue weighted by molar-refractivity contribution is 5.99. The highest BCUT2D eigenvalue weighted by Gasteiger charge is 2.20. The molecule has 1 saturated heterocycles. The second-order valence-corrected chi connectivity index (χ2v) is 8.28. The van der Waals surface area contributed by atoms with Crippen LogP contribution in [-0.2, 0) is 6.54 Å². The largest absolute Gasteiger partial charge is 0.508 e. The fourth-order valence-electron chi connectivity index (χ4n) is 4.25. The number of pyridine rings is 1. The quantitative estimate of drug-likeness (QED) is 0.520. The molecule has 7 nitrogen and oxygen atoms in total. The number of aromatic amines is 1. The SMILES string of the molecule is CN1CCN(Cc2ccc(-c3c(C#N)c(-c4ccc(O)cc4)nc4[nH]ncc34)cc2)CC1. The summed E-state index contributed by atoms with van der Waals surface area (Å²) in [6.45, 7) is 5.27. The van der Waals surface area contributed by atoms with Crippen LogP contribution in [0, 0.1) is 11.3 Å². The van der Waals surface area contributed by atoms with Crippen molar-refractivity contribution in [3.63, 3.8) is 0 Å². The predicted octanol–water partition coefficient (Wildman–Crippen LogP) is 3.62. The van der Waals surface area contributed by atoms with Crippen LogP contribution < -0.4 is 0 Å². The van der Waals surface area contributed by atoms with E-state index in [1.807, 2.05) is 0 Å². The van der Waals surface area contributed by atoms with E-state index in [-0.39, 0.29) is 5.75 Å². The van der Waals surface area contributed by atoms with Gasteiger partial charge in [-0.05, 0) is 42.4 Å². The smallest absolute Gasteiger partial charge is 0.156 e. The molecule has 0 aliphatic carbocycles. The normalized spacial score (nSPS) is 15.1. The predicted molar refractivity (Wildman–Crippen MR) is 124 cm³/mol. The van der Waals surface area contributed by atoms with Gasteiger partial charge in [0.25, 0.3) is 0 Å². The van der Waals surface area contributed by atoms with Crippen LogP contribution >= 0.6 is 0 Å². The Balaban J connectivity index is 1.54. The zero-order valence-electron chi connectivity index (χ0n) is 17.9. The van der Waals surface area contributed by atoms with Gasteiger partial charge in [-0.2, -0.15) is 10.4 Å². The third kappa shape index (κ3) is 3.82. The Morgan fingerprint density at radius 2 is 1.69 bits per heavy atom. The highest BCUT2D eigenvalue weighted by Crippen LogP contribution is 2.36. The number of phenolic OH excluding ortho intramolecular Hbond substituents is 1. The number of piperazine rings is 1. The molecule has 0 amide bonds. The molecular weight excluding hydrogens is 400 g/mol. The zero-order chi connectivity index (χ0) is 22.1. The fraction of sp³-hybridized carbons (Fsp3) is 0.240. The monoisotopic (exact) mass is 424 g/mol. The number of nitrogens with zero attached hydrogens (tertiary/aromatic N) is 5. The molecule has 0 unspecified atom stereocenters. The van der Waals surface area contributed by atoms with Crippen LogP contribution in [0.2, 0.25) is 0 Å². The lowest BCUT2D eigenvalue weighted by atomic mass is 9.93. The molecule has 2 N–H and O–H groups in total. The molecule has 0 atom stereocenters. The van der Waals surface area contributed by atoms with Gasteiger partial charge in [0.2, 0.25) is 0 Å². The molecular formula is C25H24N6O. The summed E-state index contributed by atoms with van der Waals surface area (Å²) >= 11 is 0. The Labute approximate surface area is 186 Å². The van der Waals surface area contributed by atoms with E-state index in [2.05, 4.69) is 62.4 Å². The number of aromatic nitrogens is 3. The summed E-state index contributed by atoms with van der Waals surface area (Å²) in [4.78, 5) is 9.49. The van der Waals surface area contributed by atoms with Crippen LogP contribution in [0.5, 0.6) is 5.75 Å². The Hall–Kier alpha value is -3.73. The van der Waals surface area contributed by atoms with Gasteiger partial charge in [-0.1, -0.05) is 24.3 Å². The van der Waals surface area contributed by atoms with Gasteiger partial charge in [0.05, 0.1) is 17.5 Å². The fourth-order valence-corrected chi connectivity index (χ4v) is 4.25. The molecule has 160 valence electrons. The first-order valence-corrected chi connectivity index (χ1v) is 10.7. The highest BCUT2D eigenvalue weighted by atomic mass is 16.3. The first-order valence-electron chi connectivity index (χ1n) is 10.7.